The summed E-state index contributed by atoms with van der Waals surface area (Å²) in [4.78, 5) is 13.5. The molecule has 2 N–H and O–H groups in total. The summed E-state index contributed by atoms with van der Waals surface area (Å²) in [5.74, 6) is 2.36. The maximum Gasteiger partial charge on any atom is 0.317 e. The summed E-state index contributed by atoms with van der Waals surface area (Å²) in [5, 5.41) is 2.68. The van der Waals surface area contributed by atoms with E-state index in [4.69, 9.17) is 0 Å². The highest BCUT2D eigenvalue weighted by atomic mass is 32.2. The molecule has 1 saturated carbocycles. The van der Waals surface area contributed by atoms with Gasteiger partial charge >= 0.3 is 6.03 Å². The molecule has 2 fully saturated rings. The molecule has 2 amide bonds. The first-order chi connectivity index (χ1) is 9.57. The van der Waals surface area contributed by atoms with Gasteiger partial charge in [0.15, 0.2) is 0 Å². The van der Waals surface area contributed by atoms with Crippen molar-refractivity contribution in [2.75, 3.05) is 43.4 Å². The highest BCUT2D eigenvalue weighted by molar-refractivity contribution is 7.99. The first-order valence-corrected chi connectivity index (χ1v) is 9.95. The number of nitrogens with one attached hydrogen (secondary N) is 2. The molecule has 1 aliphatic carbocycles. The van der Waals surface area contributed by atoms with Crippen molar-refractivity contribution >= 4 is 27.8 Å². The van der Waals surface area contributed by atoms with Gasteiger partial charge in [-0.1, -0.05) is 6.42 Å². The van der Waals surface area contributed by atoms with E-state index in [1.165, 1.54) is 6.42 Å². The van der Waals surface area contributed by atoms with Crippen LogP contribution in [0.15, 0.2) is 0 Å². The largest absolute Gasteiger partial charge is 0.337 e. The predicted molar refractivity (Wildman–Crippen MR) is 81.4 cm³/mol. The zero-order valence-corrected chi connectivity index (χ0v) is 13.3. The van der Waals surface area contributed by atoms with Crippen LogP contribution in [0.25, 0.3) is 0 Å². The minimum absolute atomic E-state index is 0.0476. The number of carbonyl (C=O) groups excluding carboxylic acids is 1. The maximum atomic E-state index is 11.8. The monoisotopic (exact) mass is 321 g/mol. The third-order valence-corrected chi connectivity index (χ3v) is 6.05. The van der Waals surface area contributed by atoms with Crippen LogP contribution in [0.4, 0.5) is 4.79 Å². The summed E-state index contributed by atoms with van der Waals surface area (Å²) in [5.41, 5.74) is 0. The molecule has 2 rings (SSSR count). The molecule has 2 aliphatic rings. The Morgan fingerprint density at radius 2 is 1.95 bits per heavy atom. The van der Waals surface area contributed by atoms with E-state index in [1.54, 1.807) is 4.90 Å². The molecule has 1 heterocycles. The molecule has 0 bridgehead atoms. The lowest BCUT2D eigenvalue weighted by atomic mass is 9.86. The number of nitrogens with zero attached hydrogens (tertiary/aromatic N) is 1. The lowest BCUT2D eigenvalue weighted by molar-refractivity contribution is 0.204. The number of thioether (sulfide) groups is 1. The van der Waals surface area contributed by atoms with E-state index in [2.05, 4.69) is 10.0 Å². The summed E-state index contributed by atoms with van der Waals surface area (Å²) in [6.07, 6.45) is 3.44. The lowest BCUT2D eigenvalue weighted by Crippen LogP contribution is -2.46. The smallest absolute Gasteiger partial charge is 0.317 e. The fourth-order valence-corrected chi connectivity index (χ4v) is 4.09. The first-order valence-electron chi connectivity index (χ1n) is 7.15. The molecule has 0 atom stereocenters. The van der Waals surface area contributed by atoms with Gasteiger partial charge in [-0.25, -0.2) is 17.9 Å². The summed E-state index contributed by atoms with van der Waals surface area (Å²) in [7, 11) is -3.27. The van der Waals surface area contributed by atoms with E-state index in [0.717, 1.165) is 37.4 Å². The number of rotatable bonds is 6. The quantitative estimate of drug-likeness (QED) is 0.745. The first kappa shape index (κ1) is 15.9. The molecular weight excluding hydrogens is 298 g/mol. The van der Waals surface area contributed by atoms with Crippen molar-refractivity contribution in [2.45, 2.75) is 19.3 Å². The van der Waals surface area contributed by atoms with Gasteiger partial charge in [-0.15, -0.1) is 0 Å². The standard InChI is InChI=1S/C12H23N3O3S2/c16-12(15-5-7-19-8-6-15)13-4-9-20(17,18)14-10-11-2-1-3-11/h11,14H,1-10H2,(H,13,16). The third-order valence-electron chi connectivity index (χ3n) is 3.76. The highest BCUT2D eigenvalue weighted by Crippen LogP contribution is 2.25. The SMILES string of the molecule is O=C(NCCS(=O)(=O)NCC1CCC1)N1CCSCC1. The average Bonchev–Trinajstić information content (AvgIpc) is 2.37. The Morgan fingerprint density at radius 3 is 2.55 bits per heavy atom. The van der Waals surface area contributed by atoms with Gasteiger partial charge in [0.05, 0.1) is 5.75 Å². The molecule has 0 spiro atoms. The Morgan fingerprint density at radius 1 is 1.25 bits per heavy atom. The second-order valence-corrected chi connectivity index (χ2v) is 8.45. The van der Waals surface area contributed by atoms with E-state index < -0.39 is 10.0 Å². The van der Waals surface area contributed by atoms with E-state index in [0.29, 0.717) is 12.5 Å². The van der Waals surface area contributed by atoms with E-state index >= 15 is 0 Å². The molecular formula is C12H23N3O3S2. The van der Waals surface area contributed by atoms with Crippen LogP contribution < -0.4 is 10.0 Å². The van der Waals surface area contributed by atoms with Crippen LogP contribution in [0.3, 0.4) is 0 Å². The van der Waals surface area contributed by atoms with Crippen molar-refractivity contribution in [3.05, 3.63) is 0 Å². The van der Waals surface area contributed by atoms with Crippen molar-refractivity contribution in [3.8, 4) is 0 Å². The van der Waals surface area contributed by atoms with Gasteiger partial charge in [-0.3, -0.25) is 0 Å². The predicted octanol–water partition coefficient (Wildman–Crippen LogP) is 0.464. The van der Waals surface area contributed by atoms with Gasteiger partial charge in [0, 0.05) is 37.7 Å². The summed E-state index contributed by atoms with van der Waals surface area (Å²) in [6.45, 7) is 2.19. The zero-order valence-electron chi connectivity index (χ0n) is 11.6. The fourth-order valence-electron chi connectivity index (χ4n) is 2.18. The van der Waals surface area contributed by atoms with E-state index in [1.807, 2.05) is 11.8 Å². The second-order valence-electron chi connectivity index (χ2n) is 5.30. The van der Waals surface area contributed by atoms with Gasteiger partial charge in [-0.2, -0.15) is 11.8 Å². The molecule has 1 saturated heterocycles. The van der Waals surface area contributed by atoms with Crippen LogP contribution in [0.2, 0.25) is 0 Å². The number of hydrogen-bond donors (Lipinski definition) is 2. The number of urea groups is 1. The summed E-state index contributed by atoms with van der Waals surface area (Å²) < 4.78 is 26.1. The van der Waals surface area contributed by atoms with Crippen LogP contribution in [-0.2, 0) is 10.0 Å². The Bertz CT molecular complexity index is 418. The topological polar surface area (TPSA) is 78.5 Å². The molecule has 0 aromatic rings. The third kappa shape index (κ3) is 5.14. The van der Waals surface area contributed by atoms with E-state index in [9.17, 15) is 13.2 Å². The fraction of sp³-hybridized carbons (Fsp3) is 0.917. The van der Waals surface area contributed by atoms with Crippen LogP contribution in [0.5, 0.6) is 0 Å². The summed E-state index contributed by atoms with van der Waals surface area (Å²) >= 11 is 1.83. The maximum absolute atomic E-state index is 11.8. The van der Waals surface area contributed by atoms with E-state index in [-0.39, 0.29) is 18.3 Å². The molecule has 8 heteroatoms. The van der Waals surface area contributed by atoms with Crippen LogP contribution in [-0.4, -0.2) is 62.8 Å². The minimum Gasteiger partial charge on any atom is -0.337 e. The highest BCUT2D eigenvalue weighted by Gasteiger charge is 2.21. The molecule has 0 aromatic carbocycles. The molecule has 0 aromatic heterocycles. The van der Waals surface area contributed by atoms with Gasteiger partial charge in [-0.05, 0) is 18.8 Å². The normalized spacial score (nSPS) is 20.5. The molecule has 6 nitrogen and oxygen atoms in total. The van der Waals surface area contributed by atoms with Crippen molar-refractivity contribution in [1.29, 1.82) is 0 Å². The van der Waals surface area contributed by atoms with Crippen molar-refractivity contribution < 1.29 is 13.2 Å². The van der Waals surface area contributed by atoms with Gasteiger partial charge in [0.25, 0.3) is 0 Å². The second kappa shape index (κ2) is 7.51. The van der Waals surface area contributed by atoms with Crippen LogP contribution in [0.1, 0.15) is 19.3 Å². The summed E-state index contributed by atoms with van der Waals surface area (Å²) in [6, 6.07) is -0.153. The van der Waals surface area contributed by atoms with Gasteiger partial charge in [0.1, 0.15) is 0 Å². The molecule has 1 aliphatic heterocycles. The lowest BCUT2D eigenvalue weighted by Gasteiger charge is -2.27. The Hall–Kier alpha value is -0.470. The molecule has 116 valence electrons. The van der Waals surface area contributed by atoms with Crippen LogP contribution >= 0.6 is 11.8 Å². The number of amides is 2. The number of sulfonamides is 1. The van der Waals surface area contributed by atoms with Crippen molar-refractivity contribution in [3.63, 3.8) is 0 Å². The molecule has 20 heavy (non-hydrogen) atoms. The Kier molecular flexibility index (Phi) is 5.98. The Labute approximate surface area is 125 Å². The average molecular weight is 321 g/mol. The minimum atomic E-state index is -3.27. The van der Waals surface area contributed by atoms with Crippen LogP contribution in [0, 0.1) is 5.92 Å². The molecule has 0 unspecified atom stereocenters. The Balaban J connectivity index is 1.61. The number of hydrogen-bond acceptors (Lipinski definition) is 4. The van der Waals surface area contributed by atoms with Gasteiger partial charge in [0.2, 0.25) is 10.0 Å². The zero-order chi connectivity index (χ0) is 14.4. The van der Waals surface area contributed by atoms with Crippen molar-refractivity contribution in [1.82, 2.24) is 14.9 Å². The molecule has 0 radical (unpaired) electrons. The number of carbonyl (C=O) groups is 1. The van der Waals surface area contributed by atoms with Gasteiger partial charge < -0.3 is 10.2 Å². The van der Waals surface area contributed by atoms with Crippen molar-refractivity contribution in [2.24, 2.45) is 5.92 Å².